The van der Waals surface area contributed by atoms with Gasteiger partial charge in [0.15, 0.2) is 17.4 Å². The van der Waals surface area contributed by atoms with Crippen molar-refractivity contribution in [3.63, 3.8) is 0 Å². The third kappa shape index (κ3) is 4.66. The van der Waals surface area contributed by atoms with E-state index in [0.717, 1.165) is 31.7 Å². The van der Waals surface area contributed by atoms with Gasteiger partial charge in [-0.3, -0.25) is 0 Å². The molecule has 0 unspecified atom stereocenters. The first kappa shape index (κ1) is 27.4. The molecular formula is C29H31F5N6O2. The van der Waals surface area contributed by atoms with E-state index in [0.29, 0.717) is 54.1 Å². The van der Waals surface area contributed by atoms with E-state index in [1.807, 2.05) is 6.92 Å². The molecule has 4 aliphatic rings. The molecule has 2 bridgehead atoms. The Morgan fingerprint density at radius 2 is 1.93 bits per heavy atom. The maximum absolute atomic E-state index is 16.8. The highest BCUT2D eigenvalue weighted by molar-refractivity contribution is 6.02. The van der Waals surface area contributed by atoms with Gasteiger partial charge >= 0.3 is 6.36 Å². The number of fused-ring (bicyclic) bond motifs is 5. The van der Waals surface area contributed by atoms with E-state index in [1.165, 1.54) is 0 Å². The summed E-state index contributed by atoms with van der Waals surface area (Å²) in [5.41, 5.74) is 5.67. The highest BCUT2D eigenvalue weighted by Crippen LogP contribution is 2.47. The van der Waals surface area contributed by atoms with Crippen molar-refractivity contribution in [3.8, 4) is 22.9 Å². The van der Waals surface area contributed by atoms with Crippen LogP contribution in [0.4, 0.5) is 33.5 Å². The van der Waals surface area contributed by atoms with Crippen molar-refractivity contribution in [2.75, 3.05) is 23.7 Å². The number of nitrogens with two attached hydrogens (primary N) is 1. The molecule has 0 spiro atoms. The normalized spacial score (nSPS) is 24.9. The number of nitrogen functional groups attached to an aromatic ring is 1. The minimum absolute atomic E-state index is 0.0215. The van der Waals surface area contributed by atoms with Crippen molar-refractivity contribution in [2.45, 2.75) is 82.6 Å². The fourth-order valence-electron chi connectivity index (χ4n) is 6.81. The molecule has 224 valence electrons. The predicted octanol–water partition coefficient (Wildman–Crippen LogP) is 4.75. The maximum Gasteiger partial charge on any atom is 0.573 e. The van der Waals surface area contributed by atoms with E-state index in [1.54, 1.807) is 6.92 Å². The predicted molar refractivity (Wildman–Crippen MR) is 147 cm³/mol. The Kier molecular flexibility index (Phi) is 6.39. The second-order valence-corrected chi connectivity index (χ2v) is 11.8. The summed E-state index contributed by atoms with van der Waals surface area (Å²) in [6.07, 6.45) is -0.972. The van der Waals surface area contributed by atoms with E-state index in [-0.39, 0.29) is 35.1 Å². The number of alkyl halides is 3. The van der Waals surface area contributed by atoms with Crippen LogP contribution in [0, 0.1) is 18.6 Å². The number of piperazine rings is 1. The van der Waals surface area contributed by atoms with Crippen LogP contribution in [0.1, 0.15) is 43.9 Å². The van der Waals surface area contributed by atoms with Crippen LogP contribution >= 0.6 is 0 Å². The smallest absolute Gasteiger partial charge is 0.472 e. The van der Waals surface area contributed by atoms with Gasteiger partial charge in [-0.1, -0.05) is 0 Å². The van der Waals surface area contributed by atoms with Crippen molar-refractivity contribution < 1.29 is 31.4 Å². The number of hydrogen-bond donors (Lipinski definition) is 3. The highest BCUT2D eigenvalue weighted by Gasteiger charge is 2.47. The number of pyridine rings is 2. The molecule has 2 aromatic heterocycles. The first-order valence-corrected chi connectivity index (χ1v) is 14.3. The van der Waals surface area contributed by atoms with Gasteiger partial charge in [-0.05, 0) is 51.2 Å². The molecule has 4 atom stereocenters. The van der Waals surface area contributed by atoms with Gasteiger partial charge in [-0.2, -0.15) is 0 Å². The lowest BCUT2D eigenvalue weighted by Gasteiger charge is -2.43. The molecule has 1 aromatic carbocycles. The Balaban J connectivity index is 1.47. The van der Waals surface area contributed by atoms with E-state index >= 15 is 4.39 Å². The molecule has 1 saturated carbocycles. The van der Waals surface area contributed by atoms with Crippen LogP contribution in [0.3, 0.4) is 0 Å². The van der Waals surface area contributed by atoms with Gasteiger partial charge in [0, 0.05) is 60.5 Å². The van der Waals surface area contributed by atoms with Gasteiger partial charge in [0.2, 0.25) is 5.88 Å². The molecule has 4 N–H and O–H groups in total. The molecular weight excluding hydrogens is 559 g/mol. The van der Waals surface area contributed by atoms with Crippen molar-refractivity contribution in [3.05, 3.63) is 35.0 Å². The number of aromatic nitrogens is 2. The minimum Gasteiger partial charge on any atom is -0.472 e. The van der Waals surface area contributed by atoms with Crippen LogP contribution in [-0.2, 0) is 6.42 Å². The number of hydrogen-bond acceptors (Lipinski definition) is 8. The molecule has 0 radical (unpaired) electrons. The van der Waals surface area contributed by atoms with Crippen molar-refractivity contribution in [1.29, 1.82) is 0 Å². The Bertz CT molecular complexity index is 1580. The fourth-order valence-corrected chi connectivity index (χ4v) is 6.81. The molecule has 42 heavy (non-hydrogen) atoms. The van der Waals surface area contributed by atoms with Crippen molar-refractivity contribution in [2.24, 2.45) is 0 Å². The zero-order valence-corrected chi connectivity index (χ0v) is 23.1. The van der Waals surface area contributed by atoms with Crippen LogP contribution in [0.5, 0.6) is 11.6 Å². The number of aryl methyl sites for hydroxylation is 1. The molecule has 2 saturated heterocycles. The number of nitrogens with zero attached hydrogens (tertiary/aromatic N) is 3. The standard InChI is InChI=1S/C29H31F5N6O2/c1-12-19(7-8-36-15-3-4-15)38-27-22-21(12)23(31)24(17-9-14(35)10-18(30)26(17)42-29(32,33)34)39-28(22)41-13(2)25-20-6-5-16(37-20)11-40(25)27/h9-10,13,15-16,20,25,36-37H,3-8,11,35H2,1-2H3/t13-,16+,20-,25+/m0/s1. The Hall–Kier alpha value is -3.45. The second kappa shape index (κ2) is 9.80. The van der Waals surface area contributed by atoms with Crippen LogP contribution in [0.25, 0.3) is 22.0 Å². The summed E-state index contributed by atoms with van der Waals surface area (Å²) >= 11 is 0. The summed E-state index contributed by atoms with van der Waals surface area (Å²) in [7, 11) is 0. The summed E-state index contributed by atoms with van der Waals surface area (Å²) < 4.78 is 82.1. The summed E-state index contributed by atoms with van der Waals surface area (Å²) in [6.45, 7) is 4.91. The zero-order valence-electron chi connectivity index (χ0n) is 23.1. The number of ether oxygens (including phenoxy) is 2. The highest BCUT2D eigenvalue weighted by atomic mass is 19.4. The van der Waals surface area contributed by atoms with Crippen LogP contribution < -0.4 is 30.7 Å². The monoisotopic (exact) mass is 590 g/mol. The fraction of sp³-hybridized carbons (Fsp3) is 0.517. The molecule has 8 nitrogen and oxygen atoms in total. The molecule has 0 amide bonds. The SMILES string of the molecule is Cc1c(CCNC2CC2)nc2c3c(nc(-c4cc(N)cc(F)c4OC(F)(F)F)c(F)c13)O[C@@H](C)[C@@H]1[C@@H]3CC[C@H](CN21)N3. The molecule has 3 aliphatic heterocycles. The van der Waals surface area contributed by atoms with E-state index in [2.05, 4.69) is 25.3 Å². The summed E-state index contributed by atoms with van der Waals surface area (Å²) in [6, 6.07) is 2.42. The third-order valence-corrected chi connectivity index (χ3v) is 8.80. The average molecular weight is 591 g/mol. The summed E-state index contributed by atoms with van der Waals surface area (Å²) in [5, 5.41) is 7.59. The van der Waals surface area contributed by atoms with Crippen LogP contribution in [-0.4, -0.2) is 59.7 Å². The second-order valence-electron chi connectivity index (χ2n) is 11.8. The van der Waals surface area contributed by atoms with Gasteiger partial charge in [-0.15, -0.1) is 13.2 Å². The quantitative estimate of drug-likeness (QED) is 0.280. The molecule has 3 fully saturated rings. The number of anilines is 2. The average Bonchev–Trinajstić information content (AvgIpc) is 3.68. The van der Waals surface area contributed by atoms with E-state index in [9.17, 15) is 17.6 Å². The number of rotatable bonds is 6. The first-order valence-electron chi connectivity index (χ1n) is 14.3. The van der Waals surface area contributed by atoms with Gasteiger partial charge in [-0.25, -0.2) is 18.7 Å². The van der Waals surface area contributed by atoms with E-state index < -0.39 is 41.1 Å². The van der Waals surface area contributed by atoms with Crippen molar-refractivity contribution >= 4 is 22.3 Å². The van der Waals surface area contributed by atoms with Crippen LogP contribution in [0.2, 0.25) is 0 Å². The third-order valence-electron chi connectivity index (χ3n) is 8.80. The first-order chi connectivity index (χ1) is 20.0. The summed E-state index contributed by atoms with van der Waals surface area (Å²) in [4.78, 5) is 11.7. The lowest BCUT2D eigenvalue weighted by Crippen LogP contribution is -2.62. The maximum atomic E-state index is 16.8. The Labute approximate surface area is 238 Å². The van der Waals surface area contributed by atoms with Crippen LogP contribution in [0.15, 0.2) is 12.1 Å². The lowest BCUT2D eigenvalue weighted by atomic mass is 9.97. The zero-order chi connectivity index (χ0) is 29.5. The molecule has 7 rings (SSSR count). The van der Waals surface area contributed by atoms with Gasteiger partial charge in [0.25, 0.3) is 0 Å². The molecule has 3 aromatic rings. The largest absolute Gasteiger partial charge is 0.573 e. The lowest BCUT2D eigenvalue weighted by molar-refractivity contribution is -0.275. The summed E-state index contributed by atoms with van der Waals surface area (Å²) in [5.74, 6) is -2.95. The minimum atomic E-state index is -5.24. The van der Waals surface area contributed by atoms with Gasteiger partial charge < -0.3 is 30.7 Å². The molecule has 5 heterocycles. The molecule has 13 heteroatoms. The number of halogens is 5. The van der Waals surface area contributed by atoms with E-state index in [4.69, 9.17) is 15.5 Å². The Morgan fingerprint density at radius 1 is 1.14 bits per heavy atom. The van der Waals surface area contributed by atoms with Crippen molar-refractivity contribution in [1.82, 2.24) is 20.6 Å². The van der Waals surface area contributed by atoms with Gasteiger partial charge in [0.1, 0.15) is 17.6 Å². The molecule has 1 aliphatic carbocycles. The number of nitrogens with one attached hydrogen (secondary N) is 2. The number of benzene rings is 1. The Morgan fingerprint density at radius 3 is 2.67 bits per heavy atom. The topological polar surface area (TPSA) is 97.6 Å². The van der Waals surface area contributed by atoms with Gasteiger partial charge in [0.05, 0.1) is 17.0 Å².